The summed E-state index contributed by atoms with van der Waals surface area (Å²) in [5, 5.41) is 5.39. The van der Waals surface area contributed by atoms with Gasteiger partial charge in [0.15, 0.2) is 0 Å². The molecular weight excluding hydrogens is 303 g/mol. The molecule has 0 radical (unpaired) electrons. The lowest BCUT2D eigenvalue weighted by atomic mass is 10.3. The summed E-state index contributed by atoms with van der Waals surface area (Å²) in [5.74, 6) is 0.524. The smallest absolute Gasteiger partial charge is 0.228 e. The van der Waals surface area contributed by atoms with Crippen LogP contribution in [0.3, 0.4) is 0 Å². The predicted molar refractivity (Wildman–Crippen MR) is 82.4 cm³/mol. The maximum atomic E-state index is 11.5. The van der Waals surface area contributed by atoms with Gasteiger partial charge in [-0.3, -0.25) is 9.59 Å². The van der Waals surface area contributed by atoms with E-state index in [-0.39, 0.29) is 49.0 Å². The van der Waals surface area contributed by atoms with Crippen molar-refractivity contribution >= 4 is 48.1 Å². The minimum atomic E-state index is -0.144. The number of aromatic nitrogens is 1. The van der Waals surface area contributed by atoms with Crippen LogP contribution < -0.4 is 16.4 Å². The molecule has 1 aromatic heterocycles. The number of pyridine rings is 1. The molecule has 2 amide bonds. The number of hydrogen-bond acceptors (Lipinski definition) is 4. The first kappa shape index (κ1) is 18.6. The fourth-order valence-electron chi connectivity index (χ4n) is 1.47. The number of nitrogens with two attached hydrogens (primary N) is 1. The molecule has 1 fully saturated rings. The second kappa shape index (κ2) is 8.73. The highest BCUT2D eigenvalue weighted by molar-refractivity contribution is 5.94. The predicted octanol–water partition coefficient (Wildman–Crippen LogP) is 1.56. The molecule has 0 bridgehead atoms. The number of hydrogen-bond donors (Lipinski definition) is 3. The van der Waals surface area contributed by atoms with Gasteiger partial charge in [0.05, 0.1) is 11.9 Å². The Morgan fingerprint density at radius 2 is 1.95 bits per heavy atom. The molecule has 8 heteroatoms. The SMILES string of the molecule is Cl.Cl.NCCC(=O)Nc1ccc(NC(=O)C2CC2)nc1. The molecule has 0 aromatic carbocycles. The molecule has 2 rings (SSSR count). The standard InChI is InChI=1S/C12H16N4O2.2ClH/c13-6-5-11(17)15-9-3-4-10(14-7-9)16-12(18)8-1-2-8;;/h3-4,7-8H,1-2,5-6,13H2,(H,15,17)(H,14,16,18);2*1H. The van der Waals surface area contributed by atoms with Gasteiger partial charge in [-0.2, -0.15) is 0 Å². The van der Waals surface area contributed by atoms with Crippen LogP contribution in [0.5, 0.6) is 0 Å². The highest BCUT2D eigenvalue weighted by Crippen LogP contribution is 2.29. The van der Waals surface area contributed by atoms with Crippen LogP contribution in [0.4, 0.5) is 11.5 Å². The summed E-state index contributed by atoms with van der Waals surface area (Å²) in [7, 11) is 0. The minimum absolute atomic E-state index is 0. The van der Waals surface area contributed by atoms with Gasteiger partial charge in [0.2, 0.25) is 11.8 Å². The van der Waals surface area contributed by atoms with E-state index in [4.69, 9.17) is 5.73 Å². The molecule has 0 atom stereocenters. The molecule has 0 aliphatic heterocycles. The van der Waals surface area contributed by atoms with E-state index in [1.165, 1.54) is 6.20 Å². The van der Waals surface area contributed by atoms with E-state index in [0.29, 0.717) is 18.1 Å². The molecule has 4 N–H and O–H groups in total. The van der Waals surface area contributed by atoms with Crippen LogP contribution in [-0.4, -0.2) is 23.3 Å². The van der Waals surface area contributed by atoms with Crippen molar-refractivity contribution in [1.82, 2.24) is 4.98 Å². The zero-order valence-electron chi connectivity index (χ0n) is 10.8. The number of carbonyl (C=O) groups is 2. The third kappa shape index (κ3) is 5.73. The zero-order chi connectivity index (χ0) is 13.0. The zero-order valence-corrected chi connectivity index (χ0v) is 12.4. The van der Waals surface area contributed by atoms with Crippen LogP contribution in [0.1, 0.15) is 19.3 Å². The Morgan fingerprint density at radius 1 is 1.25 bits per heavy atom. The molecule has 1 aromatic rings. The third-order valence-corrected chi connectivity index (χ3v) is 2.62. The molecular formula is C12H18Cl2N4O2. The number of halogens is 2. The van der Waals surface area contributed by atoms with Gasteiger partial charge in [0.25, 0.3) is 0 Å². The molecule has 1 heterocycles. The molecule has 1 aliphatic carbocycles. The van der Waals surface area contributed by atoms with Gasteiger partial charge in [-0.1, -0.05) is 0 Å². The number of nitrogens with zero attached hydrogens (tertiary/aromatic N) is 1. The average Bonchev–Trinajstić information content (AvgIpc) is 3.16. The van der Waals surface area contributed by atoms with Crippen LogP contribution in [0.2, 0.25) is 0 Å². The molecule has 0 unspecified atom stereocenters. The Bertz CT molecular complexity index is 449. The van der Waals surface area contributed by atoms with Crippen LogP contribution in [-0.2, 0) is 9.59 Å². The highest BCUT2D eigenvalue weighted by Gasteiger charge is 2.29. The van der Waals surface area contributed by atoms with Gasteiger partial charge in [-0.15, -0.1) is 24.8 Å². The molecule has 20 heavy (non-hydrogen) atoms. The lowest BCUT2D eigenvalue weighted by Gasteiger charge is -2.06. The maximum absolute atomic E-state index is 11.5. The first-order valence-electron chi connectivity index (χ1n) is 5.96. The van der Waals surface area contributed by atoms with Crippen LogP contribution in [0, 0.1) is 5.92 Å². The summed E-state index contributed by atoms with van der Waals surface area (Å²) in [6.45, 7) is 0.314. The number of nitrogens with one attached hydrogen (secondary N) is 2. The van der Waals surface area contributed by atoms with E-state index < -0.39 is 0 Å². The molecule has 1 aliphatic rings. The van der Waals surface area contributed by atoms with E-state index >= 15 is 0 Å². The van der Waals surface area contributed by atoms with Crippen molar-refractivity contribution in [3.05, 3.63) is 18.3 Å². The third-order valence-electron chi connectivity index (χ3n) is 2.62. The second-order valence-corrected chi connectivity index (χ2v) is 4.28. The van der Waals surface area contributed by atoms with Gasteiger partial charge in [-0.05, 0) is 25.0 Å². The number of anilines is 2. The van der Waals surface area contributed by atoms with Crippen molar-refractivity contribution in [2.45, 2.75) is 19.3 Å². The lowest BCUT2D eigenvalue weighted by molar-refractivity contribution is -0.117. The molecule has 1 saturated carbocycles. The fraction of sp³-hybridized carbons (Fsp3) is 0.417. The molecule has 0 saturated heterocycles. The Labute approximate surface area is 129 Å². The first-order valence-corrected chi connectivity index (χ1v) is 5.96. The summed E-state index contributed by atoms with van der Waals surface area (Å²) in [6.07, 6.45) is 3.70. The monoisotopic (exact) mass is 320 g/mol. The van der Waals surface area contributed by atoms with Gasteiger partial charge in [0.1, 0.15) is 5.82 Å². The van der Waals surface area contributed by atoms with Gasteiger partial charge in [0, 0.05) is 18.9 Å². The number of rotatable bonds is 5. The number of carbonyl (C=O) groups excluding carboxylic acids is 2. The summed E-state index contributed by atoms with van der Waals surface area (Å²) in [6, 6.07) is 3.36. The van der Waals surface area contributed by atoms with Crippen molar-refractivity contribution in [1.29, 1.82) is 0 Å². The van der Waals surface area contributed by atoms with Crippen LogP contribution in [0.15, 0.2) is 18.3 Å². The van der Waals surface area contributed by atoms with Crippen molar-refractivity contribution in [3.8, 4) is 0 Å². The van der Waals surface area contributed by atoms with E-state index in [2.05, 4.69) is 15.6 Å². The van der Waals surface area contributed by atoms with E-state index in [1.54, 1.807) is 12.1 Å². The molecule has 6 nitrogen and oxygen atoms in total. The van der Waals surface area contributed by atoms with Gasteiger partial charge < -0.3 is 16.4 Å². The molecule has 112 valence electrons. The van der Waals surface area contributed by atoms with Gasteiger partial charge >= 0.3 is 0 Å². The van der Waals surface area contributed by atoms with E-state index in [1.807, 2.05) is 0 Å². The Kier molecular flexibility index (Phi) is 8.13. The van der Waals surface area contributed by atoms with Crippen molar-refractivity contribution in [2.75, 3.05) is 17.2 Å². The van der Waals surface area contributed by atoms with Gasteiger partial charge in [-0.25, -0.2) is 4.98 Å². The second-order valence-electron chi connectivity index (χ2n) is 4.28. The first-order chi connectivity index (χ1) is 8.69. The number of amides is 2. The van der Waals surface area contributed by atoms with Crippen molar-refractivity contribution in [2.24, 2.45) is 11.7 Å². The maximum Gasteiger partial charge on any atom is 0.228 e. The van der Waals surface area contributed by atoms with E-state index in [9.17, 15) is 9.59 Å². The normalized spacial score (nSPS) is 12.7. The average molecular weight is 321 g/mol. The quantitative estimate of drug-likeness (QED) is 0.767. The summed E-state index contributed by atoms with van der Waals surface area (Å²) >= 11 is 0. The Balaban J connectivity index is 0.00000180. The highest BCUT2D eigenvalue weighted by atomic mass is 35.5. The minimum Gasteiger partial charge on any atom is -0.330 e. The summed E-state index contributed by atoms with van der Waals surface area (Å²) in [5.41, 5.74) is 5.87. The topological polar surface area (TPSA) is 97.1 Å². The Hall–Kier alpha value is -1.37. The molecule has 0 spiro atoms. The van der Waals surface area contributed by atoms with E-state index in [0.717, 1.165) is 12.8 Å². The van der Waals surface area contributed by atoms with Crippen LogP contribution in [0.25, 0.3) is 0 Å². The summed E-state index contributed by atoms with van der Waals surface area (Å²) in [4.78, 5) is 26.8. The van der Waals surface area contributed by atoms with Crippen molar-refractivity contribution < 1.29 is 9.59 Å². The van der Waals surface area contributed by atoms with Crippen LogP contribution >= 0.6 is 24.8 Å². The lowest BCUT2D eigenvalue weighted by Crippen LogP contribution is -2.17. The summed E-state index contributed by atoms with van der Waals surface area (Å²) < 4.78 is 0. The fourth-order valence-corrected chi connectivity index (χ4v) is 1.47. The Morgan fingerprint density at radius 3 is 2.45 bits per heavy atom. The van der Waals surface area contributed by atoms with Crippen molar-refractivity contribution in [3.63, 3.8) is 0 Å². The largest absolute Gasteiger partial charge is 0.330 e.